The molecule has 128 valence electrons. The monoisotopic (exact) mass is 380 g/mol. The summed E-state index contributed by atoms with van der Waals surface area (Å²) in [5.74, 6) is -2.27. The van der Waals surface area contributed by atoms with Gasteiger partial charge in [0.15, 0.2) is 5.78 Å². The molecular formula is C18H12Cl2F2N2O. The summed E-state index contributed by atoms with van der Waals surface area (Å²) >= 11 is 12.2. The first-order chi connectivity index (χ1) is 11.8. The van der Waals surface area contributed by atoms with Gasteiger partial charge in [-0.25, -0.2) is 8.78 Å². The predicted octanol–water partition coefficient (Wildman–Crippen LogP) is 5.21. The van der Waals surface area contributed by atoms with Gasteiger partial charge in [-0.1, -0.05) is 23.2 Å². The topological polar surface area (TPSA) is 34.9 Å². The Morgan fingerprint density at radius 3 is 2.48 bits per heavy atom. The van der Waals surface area contributed by atoms with Crippen LogP contribution in [0.15, 0.2) is 36.4 Å². The van der Waals surface area contributed by atoms with Crippen molar-refractivity contribution in [2.45, 2.75) is 6.92 Å². The van der Waals surface area contributed by atoms with Gasteiger partial charge in [0.25, 0.3) is 0 Å². The lowest BCUT2D eigenvalue weighted by atomic mass is 9.97. The smallest absolute Gasteiger partial charge is 0.200 e. The fourth-order valence-electron chi connectivity index (χ4n) is 2.73. The highest BCUT2D eigenvalue weighted by Gasteiger charge is 2.26. The first-order valence-electron chi connectivity index (χ1n) is 7.28. The molecular weight excluding hydrogens is 369 g/mol. The highest BCUT2D eigenvalue weighted by Crippen LogP contribution is 2.34. The maximum Gasteiger partial charge on any atom is 0.200 e. The van der Waals surface area contributed by atoms with Gasteiger partial charge in [0, 0.05) is 23.7 Å². The second kappa shape index (κ2) is 6.58. The molecule has 1 heterocycles. The maximum atomic E-state index is 14.1. The summed E-state index contributed by atoms with van der Waals surface area (Å²) in [5.41, 5.74) is 1.37. The molecule has 0 N–H and O–H groups in total. The maximum absolute atomic E-state index is 14.1. The Hall–Kier alpha value is -2.24. The van der Waals surface area contributed by atoms with Crippen molar-refractivity contribution in [1.29, 1.82) is 0 Å². The van der Waals surface area contributed by atoms with Crippen LogP contribution in [0, 0.1) is 18.6 Å². The molecule has 0 atom stereocenters. The van der Waals surface area contributed by atoms with Crippen LogP contribution in [0.2, 0.25) is 10.0 Å². The number of hydrogen-bond donors (Lipinski definition) is 0. The van der Waals surface area contributed by atoms with E-state index in [-0.39, 0.29) is 11.1 Å². The van der Waals surface area contributed by atoms with E-state index in [1.165, 1.54) is 4.68 Å². The van der Waals surface area contributed by atoms with Crippen molar-refractivity contribution in [2.75, 3.05) is 0 Å². The number of benzene rings is 2. The van der Waals surface area contributed by atoms with E-state index in [1.807, 2.05) is 0 Å². The van der Waals surface area contributed by atoms with Crippen LogP contribution in [0.25, 0.3) is 11.3 Å². The van der Waals surface area contributed by atoms with Crippen molar-refractivity contribution in [3.05, 3.63) is 74.9 Å². The van der Waals surface area contributed by atoms with Gasteiger partial charge >= 0.3 is 0 Å². The van der Waals surface area contributed by atoms with Crippen LogP contribution < -0.4 is 0 Å². The first kappa shape index (κ1) is 17.6. The molecule has 0 saturated heterocycles. The molecule has 0 aliphatic carbocycles. The molecule has 0 fully saturated rings. The van der Waals surface area contributed by atoms with Crippen molar-refractivity contribution in [3.8, 4) is 11.3 Å². The summed E-state index contributed by atoms with van der Waals surface area (Å²) < 4.78 is 28.7. The van der Waals surface area contributed by atoms with Gasteiger partial charge in [-0.15, -0.1) is 0 Å². The third-order valence-electron chi connectivity index (χ3n) is 3.81. The quantitative estimate of drug-likeness (QED) is 0.584. The predicted molar refractivity (Wildman–Crippen MR) is 93.2 cm³/mol. The molecule has 0 spiro atoms. The van der Waals surface area contributed by atoms with E-state index in [4.69, 9.17) is 23.2 Å². The van der Waals surface area contributed by atoms with E-state index < -0.39 is 17.4 Å². The van der Waals surface area contributed by atoms with Gasteiger partial charge in [0.1, 0.15) is 11.6 Å². The highest BCUT2D eigenvalue weighted by molar-refractivity contribution is 6.36. The van der Waals surface area contributed by atoms with Crippen molar-refractivity contribution in [1.82, 2.24) is 9.78 Å². The van der Waals surface area contributed by atoms with Crippen molar-refractivity contribution >= 4 is 29.0 Å². The average molecular weight is 381 g/mol. The van der Waals surface area contributed by atoms with Crippen molar-refractivity contribution in [2.24, 2.45) is 7.05 Å². The Morgan fingerprint density at radius 1 is 1.12 bits per heavy atom. The summed E-state index contributed by atoms with van der Waals surface area (Å²) in [6, 6.07) is 7.68. The van der Waals surface area contributed by atoms with Gasteiger partial charge in [-0.2, -0.15) is 5.10 Å². The molecule has 0 bridgehead atoms. The van der Waals surface area contributed by atoms with Crippen LogP contribution in [0.3, 0.4) is 0 Å². The largest absolute Gasteiger partial charge is 0.288 e. The van der Waals surface area contributed by atoms with Crippen LogP contribution in [0.1, 0.15) is 21.6 Å². The molecule has 0 aliphatic rings. The molecule has 7 heteroatoms. The number of ketones is 1. The van der Waals surface area contributed by atoms with Crippen LogP contribution in [0.5, 0.6) is 0 Å². The van der Waals surface area contributed by atoms with Gasteiger partial charge in [-0.3, -0.25) is 9.48 Å². The van der Waals surface area contributed by atoms with E-state index in [2.05, 4.69) is 5.10 Å². The second-order valence-corrected chi connectivity index (χ2v) is 6.35. The summed E-state index contributed by atoms with van der Waals surface area (Å²) in [6.07, 6.45) is 0. The molecule has 3 nitrogen and oxygen atoms in total. The lowest BCUT2D eigenvalue weighted by Crippen LogP contribution is -2.08. The lowest BCUT2D eigenvalue weighted by Gasteiger charge is -2.09. The molecule has 1 aromatic heterocycles. The van der Waals surface area contributed by atoms with Crippen LogP contribution in [-0.4, -0.2) is 15.6 Å². The molecule has 25 heavy (non-hydrogen) atoms. The number of rotatable bonds is 3. The Bertz CT molecular complexity index is 999. The first-order valence-corrected chi connectivity index (χ1v) is 8.04. The average Bonchev–Trinajstić information content (AvgIpc) is 2.81. The minimum atomic E-state index is -0.929. The van der Waals surface area contributed by atoms with E-state index in [0.29, 0.717) is 33.1 Å². The zero-order chi connectivity index (χ0) is 18.3. The molecule has 3 aromatic rings. The van der Waals surface area contributed by atoms with Crippen molar-refractivity contribution in [3.63, 3.8) is 0 Å². The fourth-order valence-corrected chi connectivity index (χ4v) is 3.23. The lowest BCUT2D eigenvalue weighted by molar-refractivity contribution is 0.103. The molecule has 0 unspecified atom stereocenters. The van der Waals surface area contributed by atoms with Crippen LogP contribution >= 0.6 is 23.2 Å². The molecule has 0 radical (unpaired) electrons. The van der Waals surface area contributed by atoms with E-state index >= 15 is 0 Å². The normalized spacial score (nSPS) is 11.0. The Labute approximate surface area is 152 Å². The van der Waals surface area contributed by atoms with Gasteiger partial charge < -0.3 is 0 Å². The Morgan fingerprint density at radius 2 is 1.84 bits per heavy atom. The minimum Gasteiger partial charge on any atom is -0.288 e. The Kier molecular flexibility index (Phi) is 4.62. The molecule has 2 aromatic carbocycles. The summed E-state index contributed by atoms with van der Waals surface area (Å²) in [5, 5.41) is 5.04. The van der Waals surface area contributed by atoms with E-state index in [1.54, 1.807) is 32.2 Å². The number of carbonyl (C=O) groups excluding carboxylic acids is 1. The SMILES string of the molecule is Cc1nn(C)c(-c2ccc(Cl)cc2Cl)c1C(=O)c1ccc(F)cc1F. The second-order valence-electron chi connectivity index (χ2n) is 5.51. The van der Waals surface area contributed by atoms with Gasteiger partial charge in [0.2, 0.25) is 0 Å². The van der Waals surface area contributed by atoms with Gasteiger partial charge in [0.05, 0.1) is 27.5 Å². The number of aromatic nitrogens is 2. The summed E-state index contributed by atoms with van der Waals surface area (Å²) in [7, 11) is 1.66. The molecule has 0 aliphatic heterocycles. The molecule has 0 amide bonds. The van der Waals surface area contributed by atoms with E-state index in [0.717, 1.165) is 12.1 Å². The zero-order valence-electron chi connectivity index (χ0n) is 13.3. The fraction of sp³-hybridized carbons (Fsp3) is 0.111. The standard InChI is InChI=1S/C18H12Cl2F2N2O/c1-9-16(18(25)13-6-4-11(21)8-15(13)22)17(24(2)23-9)12-5-3-10(19)7-14(12)20/h3-8H,1-2H3. The van der Waals surface area contributed by atoms with Crippen molar-refractivity contribution < 1.29 is 13.6 Å². The number of hydrogen-bond acceptors (Lipinski definition) is 2. The van der Waals surface area contributed by atoms with Crippen LogP contribution in [0.4, 0.5) is 8.78 Å². The van der Waals surface area contributed by atoms with E-state index in [9.17, 15) is 13.6 Å². The summed E-state index contributed by atoms with van der Waals surface area (Å²) in [6.45, 7) is 1.64. The molecule has 0 saturated carbocycles. The number of nitrogens with zero attached hydrogens (tertiary/aromatic N) is 2. The number of carbonyl (C=O) groups is 1. The Balaban J connectivity index is 2.22. The number of aryl methyl sites for hydroxylation is 2. The zero-order valence-corrected chi connectivity index (χ0v) is 14.8. The van der Waals surface area contributed by atoms with Crippen LogP contribution in [-0.2, 0) is 7.05 Å². The third-order valence-corrected chi connectivity index (χ3v) is 4.36. The summed E-state index contributed by atoms with van der Waals surface area (Å²) in [4.78, 5) is 12.9. The third kappa shape index (κ3) is 3.17. The molecule has 3 rings (SSSR count). The van der Waals surface area contributed by atoms with Gasteiger partial charge in [-0.05, 0) is 37.3 Å². The minimum absolute atomic E-state index is 0.206. The number of halogens is 4. The highest BCUT2D eigenvalue weighted by atomic mass is 35.5.